The van der Waals surface area contributed by atoms with Crippen molar-refractivity contribution in [1.29, 1.82) is 0 Å². The Morgan fingerprint density at radius 1 is 1.08 bits per heavy atom. The van der Waals surface area contributed by atoms with Gasteiger partial charge in [0, 0.05) is 15.7 Å². The maximum absolute atomic E-state index is 12.8. The van der Waals surface area contributed by atoms with Crippen molar-refractivity contribution in [1.82, 2.24) is 5.32 Å². The Balaban J connectivity index is 1.74. The van der Waals surface area contributed by atoms with Crippen LogP contribution in [0.3, 0.4) is 0 Å². The second-order valence-corrected chi connectivity index (χ2v) is 7.33. The molecule has 0 heterocycles. The van der Waals surface area contributed by atoms with Gasteiger partial charge in [-0.25, -0.2) is 4.39 Å². The van der Waals surface area contributed by atoms with E-state index in [0.717, 1.165) is 5.56 Å². The summed E-state index contributed by atoms with van der Waals surface area (Å²) in [4.78, 5) is 23.8. The van der Waals surface area contributed by atoms with Crippen LogP contribution in [0.25, 0.3) is 0 Å². The van der Waals surface area contributed by atoms with Gasteiger partial charge in [0.2, 0.25) is 11.8 Å². The van der Waals surface area contributed by atoms with E-state index in [1.165, 1.54) is 36.0 Å². The van der Waals surface area contributed by atoms with Crippen LogP contribution in [-0.4, -0.2) is 23.3 Å². The monoisotopic (exact) mass is 414 g/mol. The van der Waals surface area contributed by atoms with Crippen LogP contribution in [0.1, 0.15) is 18.5 Å². The molecular weight excluding hydrogens is 398 g/mol. The minimum absolute atomic E-state index is 0.112. The van der Waals surface area contributed by atoms with Gasteiger partial charge < -0.3 is 10.6 Å². The molecule has 2 amide bonds. The highest BCUT2D eigenvalue weighted by molar-refractivity contribution is 8.00. The van der Waals surface area contributed by atoms with Gasteiger partial charge in [-0.15, -0.1) is 11.8 Å². The van der Waals surface area contributed by atoms with Gasteiger partial charge in [0.1, 0.15) is 5.82 Å². The molecule has 0 aliphatic heterocycles. The summed E-state index contributed by atoms with van der Waals surface area (Å²) >= 11 is 13.2. The van der Waals surface area contributed by atoms with Gasteiger partial charge in [0.25, 0.3) is 0 Å². The zero-order chi connectivity index (χ0) is 19.1. The molecule has 1 unspecified atom stereocenters. The third kappa shape index (κ3) is 6.52. The molecule has 2 N–H and O–H groups in total. The van der Waals surface area contributed by atoms with Crippen LogP contribution in [0, 0.1) is 5.82 Å². The van der Waals surface area contributed by atoms with E-state index in [1.54, 1.807) is 18.2 Å². The average molecular weight is 415 g/mol. The summed E-state index contributed by atoms with van der Waals surface area (Å²) in [5, 5.41) is 6.47. The standard InChI is InChI=1S/C18H17Cl2FN2O2S/c1-11(15-7-2-12(19)8-16(15)20)22-17(24)9-26-10-18(25)23-14-5-3-13(21)4-6-14/h2-8,11H,9-10H2,1H3,(H,22,24)(H,23,25). The van der Waals surface area contributed by atoms with E-state index in [-0.39, 0.29) is 35.2 Å². The van der Waals surface area contributed by atoms with E-state index >= 15 is 0 Å². The average Bonchev–Trinajstić information content (AvgIpc) is 2.56. The summed E-state index contributed by atoms with van der Waals surface area (Å²) in [6.45, 7) is 1.82. The number of hydrogen-bond acceptors (Lipinski definition) is 3. The van der Waals surface area contributed by atoms with Crippen LogP contribution >= 0.6 is 35.0 Å². The molecular formula is C18H17Cl2FN2O2S. The molecule has 0 saturated carbocycles. The van der Waals surface area contributed by atoms with Crippen LogP contribution in [0.2, 0.25) is 10.0 Å². The molecule has 2 rings (SSSR count). The van der Waals surface area contributed by atoms with Crippen molar-refractivity contribution in [2.75, 3.05) is 16.8 Å². The number of carbonyl (C=O) groups excluding carboxylic acids is 2. The van der Waals surface area contributed by atoms with Crippen molar-refractivity contribution in [3.63, 3.8) is 0 Å². The Morgan fingerprint density at radius 2 is 1.73 bits per heavy atom. The molecule has 0 radical (unpaired) electrons. The van der Waals surface area contributed by atoms with Crippen molar-refractivity contribution >= 4 is 52.5 Å². The van der Waals surface area contributed by atoms with Gasteiger partial charge in [-0.3, -0.25) is 9.59 Å². The molecule has 2 aromatic rings. The summed E-state index contributed by atoms with van der Waals surface area (Å²) in [5.41, 5.74) is 1.27. The molecule has 138 valence electrons. The van der Waals surface area contributed by atoms with Crippen molar-refractivity contribution in [2.24, 2.45) is 0 Å². The Morgan fingerprint density at radius 3 is 2.38 bits per heavy atom. The van der Waals surface area contributed by atoms with Gasteiger partial charge >= 0.3 is 0 Å². The maximum atomic E-state index is 12.8. The zero-order valence-corrected chi connectivity index (χ0v) is 16.2. The predicted molar refractivity (Wildman–Crippen MR) is 105 cm³/mol. The smallest absolute Gasteiger partial charge is 0.234 e. The highest BCUT2D eigenvalue weighted by atomic mass is 35.5. The Hall–Kier alpha value is -1.76. The molecule has 0 aromatic heterocycles. The summed E-state index contributed by atoms with van der Waals surface area (Å²) in [6, 6.07) is 10.3. The fourth-order valence-electron chi connectivity index (χ4n) is 2.18. The van der Waals surface area contributed by atoms with Gasteiger partial charge in [-0.1, -0.05) is 29.3 Å². The third-order valence-corrected chi connectivity index (χ3v) is 4.90. The molecule has 0 aliphatic carbocycles. The van der Waals surface area contributed by atoms with Crippen LogP contribution in [-0.2, 0) is 9.59 Å². The predicted octanol–water partition coefficient (Wildman–Crippen LogP) is 4.68. The number of nitrogens with one attached hydrogen (secondary N) is 2. The summed E-state index contributed by atoms with van der Waals surface area (Å²) in [7, 11) is 0. The van der Waals surface area contributed by atoms with E-state index in [9.17, 15) is 14.0 Å². The van der Waals surface area contributed by atoms with E-state index in [0.29, 0.717) is 15.7 Å². The number of halogens is 3. The van der Waals surface area contributed by atoms with Gasteiger partial charge in [0.05, 0.1) is 17.5 Å². The van der Waals surface area contributed by atoms with Crippen LogP contribution in [0.4, 0.5) is 10.1 Å². The molecule has 26 heavy (non-hydrogen) atoms. The van der Waals surface area contributed by atoms with E-state index in [1.807, 2.05) is 6.92 Å². The largest absolute Gasteiger partial charge is 0.349 e. The number of thioether (sulfide) groups is 1. The van der Waals surface area contributed by atoms with Crippen LogP contribution in [0.15, 0.2) is 42.5 Å². The van der Waals surface area contributed by atoms with E-state index < -0.39 is 0 Å². The Bertz CT molecular complexity index is 787. The first-order chi connectivity index (χ1) is 12.3. The lowest BCUT2D eigenvalue weighted by atomic mass is 10.1. The molecule has 0 bridgehead atoms. The van der Waals surface area contributed by atoms with Crippen molar-refractivity contribution in [2.45, 2.75) is 13.0 Å². The van der Waals surface area contributed by atoms with Gasteiger partial charge in [-0.2, -0.15) is 0 Å². The van der Waals surface area contributed by atoms with E-state index in [4.69, 9.17) is 23.2 Å². The first-order valence-electron chi connectivity index (χ1n) is 7.72. The fraction of sp³-hybridized carbons (Fsp3) is 0.222. The lowest BCUT2D eigenvalue weighted by molar-refractivity contribution is -0.119. The lowest BCUT2D eigenvalue weighted by Gasteiger charge is -2.16. The Labute approximate surface area is 165 Å². The number of amides is 2. The molecule has 1 atom stereocenters. The second-order valence-electron chi connectivity index (χ2n) is 5.50. The first-order valence-corrected chi connectivity index (χ1v) is 9.63. The molecule has 0 fully saturated rings. The second kappa shape index (κ2) is 9.80. The minimum Gasteiger partial charge on any atom is -0.349 e. The highest BCUT2D eigenvalue weighted by Crippen LogP contribution is 2.26. The minimum atomic E-state index is -0.371. The first kappa shape index (κ1) is 20.6. The van der Waals surface area contributed by atoms with Crippen LogP contribution < -0.4 is 10.6 Å². The summed E-state index contributed by atoms with van der Waals surface area (Å²) in [6.07, 6.45) is 0. The number of hydrogen-bond donors (Lipinski definition) is 2. The number of anilines is 1. The normalized spacial score (nSPS) is 11.7. The number of benzene rings is 2. The van der Waals surface area contributed by atoms with Crippen LogP contribution in [0.5, 0.6) is 0 Å². The zero-order valence-electron chi connectivity index (χ0n) is 13.9. The third-order valence-electron chi connectivity index (χ3n) is 3.40. The number of rotatable bonds is 7. The highest BCUT2D eigenvalue weighted by Gasteiger charge is 2.13. The molecule has 0 aliphatic rings. The fourth-order valence-corrected chi connectivity index (χ4v) is 3.38. The molecule has 0 spiro atoms. The molecule has 8 heteroatoms. The lowest BCUT2D eigenvalue weighted by Crippen LogP contribution is -2.29. The summed E-state index contributed by atoms with van der Waals surface area (Å²) in [5.74, 6) is -0.594. The SMILES string of the molecule is CC(NC(=O)CSCC(=O)Nc1ccc(F)cc1)c1ccc(Cl)cc1Cl. The Kier molecular flexibility index (Phi) is 7.75. The van der Waals surface area contributed by atoms with Crippen molar-refractivity contribution < 1.29 is 14.0 Å². The molecule has 2 aromatic carbocycles. The molecule has 0 saturated heterocycles. The van der Waals surface area contributed by atoms with Crippen molar-refractivity contribution in [3.8, 4) is 0 Å². The van der Waals surface area contributed by atoms with Gasteiger partial charge in [-0.05, 0) is 48.9 Å². The summed E-state index contributed by atoms with van der Waals surface area (Å²) < 4.78 is 12.8. The topological polar surface area (TPSA) is 58.2 Å². The van der Waals surface area contributed by atoms with Crippen molar-refractivity contribution in [3.05, 3.63) is 63.9 Å². The number of carbonyl (C=O) groups is 2. The van der Waals surface area contributed by atoms with Gasteiger partial charge in [0.15, 0.2) is 0 Å². The van der Waals surface area contributed by atoms with E-state index in [2.05, 4.69) is 10.6 Å². The maximum Gasteiger partial charge on any atom is 0.234 e. The molecule has 4 nitrogen and oxygen atoms in total. The quantitative estimate of drug-likeness (QED) is 0.691.